The number of phenolic OH excluding ortho intramolecular Hbond substituents is 2. The first-order valence-electron chi connectivity index (χ1n) is 19.3. The van der Waals surface area contributed by atoms with Crippen molar-refractivity contribution in [1.29, 1.82) is 0 Å². The zero-order chi connectivity index (χ0) is 45.9. The zero-order valence-corrected chi connectivity index (χ0v) is 33.9. The molecule has 63 heavy (non-hydrogen) atoms. The molecule has 4 unspecified atom stereocenters. The fourth-order valence-corrected chi connectivity index (χ4v) is 7.54. The van der Waals surface area contributed by atoms with Gasteiger partial charge in [-0.2, -0.15) is 4.84 Å². The van der Waals surface area contributed by atoms with Crippen LogP contribution in [0.15, 0.2) is 42.5 Å². The van der Waals surface area contributed by atoms with Crippen molar-refractivity contribution in [1.82, 2.24) is 5.34 Å². The molecule has 3 aromatic rings. The molecule has 6 atom stereocenters. The molecule has 2 aliphatic carbocycles. The quantitative estimate of drug-likeness (QED) is 0.0178. The fourth-order valence-electron chi connectivity index (χ4n) is 7.54. The Bertz CT molecular complexity index is 2360. The Morgan fingerprint density at radius 2 is 1.75 bits per heavy atom. The Morgan fingerprint density at radius 3 is 2.43 bits per heavy atom. The van der Waals surface area contributed by atoms with Crippen molar-refractivity contribution in [3.05, 3.63) is 91.5 Å². The van der Waals surface area contributed by atoms with Crippen molar-refractivity contribution in [2.45, 2.75) is 75.3 Å². The van der Waals surface area contributed by atoms with Gasteiger partial charge < -0.3 is 54.6 Å². The Morgan fingerprint density at radius 1 is 1.03 bits per heavy atom. The number of esters is 2. The molecule has 1 fully saturated rings. The maximum Gasteiger partial charge on any atom is 0.331 e. The molecule has 1 heterocycles. The first-order valence-corrected chi connectivity index (χ1v) is 19.3. The summed E-state index contributed by atoms with van der Waals surface area (Å²) in [5.74, 6) is -5.97. The number of rotatable bonds is 16. The van der Waals surface area contributed by atoms with Crippen LogP contribution in [-0.4, -0.2) is 123 Å². The van der Waals surface area contributed by atoms with Crippen LogP contribution >= 0.6 is 0 Å². The molecule has 22 nitrogen and oxygen atoms in total. The number of ketones is 3. The summed E-state index contributed by atoms with van der Waals surface area (Å²) in [4.78, 5) is 81.5. The largest absolute Gasteiger partial charge is 0.507 e. The topological polar surface area (TPSA) is 324 Å². The lowest BCUT2D eigenvalue weighted by atomic mass is 9.72. The van der Waals surface area contributed by atoms with Crippen LogP contribution < -0.4 is 19.9 Å². The number of carbonyl (C=O) groups excluding carboxylic acids is 5. The van der Waals surface area contributed by atoms with E-state index in [0.717, 1.165) is 6.08 Å². The van der Waals surface area contributed by atoms with Crippen molar-refractivity contribution in [2.24, 2.45) is 5.73 Å². The first kappa shape index (κ1) is 46.0. The number of carbonyl (C=O) groups is 5. The van der Waals surface area contributed by atoms with Crippen LogP contribution in [0.4, 0.5) is 0 Å². The maximum absolute atomic E-state index is 14.0. The predicted molar refractivity (Wildman–Crippen MR) is 209 cm³/mol. The highest BCUT2D eigenvalue weighted by Gasteiger charge is 2.50. The van der Waals surface area contributed by atoms with Gasteiger partial charge in [-0.15, -0.1) is 0 Å². The van der Waals surface area contributed by atoms with E-state index in [0.29, 0.717) is 5.56 Å². The SMILES string of the molecule is COc1cc(C=CC(=O)OCC(=O)[C@]2(O)Cc3c(O)c4c(c(O)c3[C@@H](OC3CC(N)C(O)C(C)O3)C2)C(=O)c2c(OC)cccc2C4=O)ccc1OC(=O)CCCON(O)[N+](=O)[O-]. The molecule has 0 saturated carbocycles. The van der Waals surface area contributed by atoms with Crippen LogP contribution in [0, 0.1) is 10.1 Å². The molecule has 1 saturated heterocycles. The van der Waals surface area contributed by atoms with Crippen molar-refractivity contribution < 1.29 is 87.9 Å². The van der Waals surface area contributed by atoms with Crippen LogP contribution in [0.1, 0.15) is 87.2 Å². The summed E-state index contributed by atoms with van der Waals surface area (Å²) in [5.41, 5.74) is 2.09. The minimum atomic E-state index is -2.47. The number of Topliss-reactive ketones (excluding diaryl/α,β-unsaturated/α-hetero) is 1. The minimum absolute atomic E-state index is 0.00160. The highest BCUT2D eigenvalue weighted by Crippen LogP contribution is 2.52. The normalized spacial score (nSPS) is 22.7. The molecule has 7 N–H and O–H groups in total. The van der Waals surface area contributed by atoms with Crippen molar-refractivity contribution in [3.8, 4) is 28.7 Å². The number of hydrazine groups is 1. The van der Waals surface area contributed by atoms with E-state index in [-0.39, 0.29) is 65.4 Å². The second kappa shape index (κ2) is 18.8. The molecule has 6 rings (SSSR count). The number of nitrogens with zero attached hydrogens (tertiary/aromatic N) is 2. The Labute approximate surface area is 356 Å². The minimum Gasteiger partial charge on any atom is -0.507 e. The second-order valence-electron chi connectivity index (χ2n) is 14.8. The van der Waals surface area contributed by atoms with E-state index >= 15 is 0 Å². The Hall–Kier alpha value is -6.53. The zero-order valence-electron chi connectivity index (χ0n) is 33.9. The van der Waals surface area contributed by atoms with Gasteiger partial charge in [-0.1, -0.05) is 18.2 Å². The van der Waals surface area contributed by atoms with Crippen LogP contribution in [0.2, 0.25) is 0 Å². The predicted octanol–water partition coefficient (Wildman–Crippen LogP) is 1.77. The summed E-state index contributed by atoms with van der Waals surface area (Å²) < 4.78 is 33.0. The summed E-state index contributed by atoms with van der Waals surface area (Å²) >= 11 is 0. The van der Waals surface area contributed by atoms with Gasteiger partial charge in [-0.25, -0.2) is 20.1 Å². The number of aliphatic hydroxyl groups excluding tert-OH is 1. The highest BCUT2D eigenvalue weighted by atomic mass is 17.0. The smallest absolute Gasteiger partial charge is 0.331 e. The van der Waals surface area contributed by atoms with Crippen molar-refractivity contribution in [2.75, 3.05) is 27.4 Å². The first-order chi connectivity index (χ1) is 29.9. The molecule has 22 heteroatoms. The van der Waals surface area contributed by atoms with E-state index in [1.807, 2.05) is 0 Å². The molecule has 0 spiro atoms. The van der Waals surface area contributed by atoms with Gasteiger partial charge in [0, 0.05) is 54.5 Å². The number of hydrogen-bond acceptors (Lipinski definition) is 20. The number of benzene rings is 3. The lowest BCUT2D eigenvalue weighted by Crippen LogP contribution is -2.53. The Kier molecular flexibility index (Phi) is 13.7. The standard InChI is InChI=1S/C41H43N3O19/c1-19-36(48)23(42)15-31(61-19)63-27-17-41(53,16-22-33(27)40(52)35-34(38(22)50)37(49)21-6-4-7-25(57-2)32(21)39(35)51)28(45)18-59-29(46)12-10-20-9-11-24(26(14-20)58-3)62-30(47)8-5-13-60-44(56)43(54)55/h4,6-7,9-12,14,19,23,27,31,36,48,50,52-53,56H,5,8,13,15-18,42H2,1-3H3/t19?,23?,27-,31?,36?,41-/m0/s1. The molecule has 3 aliphatic rings. The van der Waals surface area contributed by atoms with Crippen molar-refractivity contribution in [3.63, 3.8) is 0 Å². The maximum atomic E-state index is 14.0. The molecule has 336 valence electrons. The molecule has 0 bridgehead atoms. The van der Waals surface area contributed by atoms with Gasteiger partial charge in [0.25, 0.3) is 0 Å². The Balaban J connectivity index is 1.19. The van der Waals surface area contributed by atoms with Gasteiger partial charge in [0.05, 0.1) is 55.8 Å². The summed E-state index contributed by atoms with van der Waals surface area (Å²) in [6.45, 7) is 0.182. The number of nitro groups is 1. The molecule has 1 aliphatic heterocycles. The van der Waals surface area contributed by atoms with Gasteiger partial charge in [0.15, 0.2) is 35.5 Å². The van der Waals surface area contributed by atoms with E-state index < -0.39 is 118 Å². The van der Waals surface area contributed by atoms with Crippen LogP contribution in [0.3, 0.4) is 0 Å². The third-order valence-corrected chi connectivity index (χ3v) is 10.7. The van der Waals surface area contributed by atoms with E-state index in [9.17, 15) is 54.5 Å². The van der Waals surface area contributed by atoms with E-state index in [1.165, 1.54) is 63.6 Å². The molecule has 0 aromatic heterocycles. The fraction of sp³-hybridized carbons (Fsp3) is 0.390. The van der Waals surface area contributed by atoms with Crippen LogP contribution in [-0.2, 0) is 39.9 Å². The molecule has 3 aromatic carbocycles. The van der Waals surface area contributed by atoms with Crippen LogP contribution in [0.5, 0.6) is 28.7 Å². The van der Waals surface area contributed by atoms with Gasteiger partial charge in [0.1, 0.15) is 22.8 Å². The molecule has 0 amide bonds. The molecular formula is C41H43N3O19. The number of phenols is 2. The average molecular weight is 882 g/mol. The van der Waals surface area contributed by atoms with E-state index in [1.54, 1.807) is 0 Å². The lowest BCUT2D eigenvalue weighted by Gasteiger charge is -2.42. The van der Waals surface area contributed by atoms with E-state index in [4.69, 9.17) is 39.4 Å². The monoisotopic (exact) mass is 881 g/mol. The average Bonchev–Trinajstić information content (AvgIpc) is 3.25. The van der Waals surface area contributed by atoms with Gasteiger partial charge in [-0.3, -0.25) is 19.2 Å². The molecule has 0 radical (unpaired) electrons. The van der Waals surface area contributed by atoms with Crippen molar-refractivity contribution >= 4 is 35.4 Å². The van der Waals surface area contributed by atoms with E-state index in [2.05, 4.69) is 4.84 Å². The highest BCUT2D eigenvalue weighted by molar-refractivity contribution is 6.31. The van der Waals surface area contributed by atoms with Gasteiger partial charge >= 0.3 is 11.9 Å². The van der Waals surface area contributed by atoms with Gasteiger partial charge in [-0.05, 0) is 43.2 Å². The number of aliphatic hydroxyl groups is 2. The number of methoxy groups -OCH3 is 2. The summed E-state index contributed by atoms with van der Waals surface area (Å²) in [6, 6.07) is 7.63. The number of ether oxygens (including phenoxy) is 6. The van der Waals surface area contributed by atoms with Gasteiger partial charge in [0.2, 0.25) is 16.6 Å². The summed E-state index contributed by atoms with van der Waals surface area (Å²) in [7, 11) is 2.58. The lowest BCUT2D eigenvalue weighted by molar-refractivity contribution is -0.809. The summed E-state index contributed by atoms with van der Waals surface area (Å²) in [6.07, 6.45) is -4.03. The summed E-state index contributed by atoms with van der Waals surface area (Å²) in [5, 5.41) is 63.3. The molecular weight excluding hydrogens is 838 g/mol. The number of fused-ring (bicyclic) bond motifs is 3. The second-order valence-corrected chi connectivity index (χ2v) is 14.8. The third kappa shape index (κ3) is 9.46. The number of hydrogen-bond donors (Lipinski definition) is 6. The van der Waals surface area contributed by atoms with Crippen LogP contribution in [0.25, 0.3) is 6.08 Å². The number of aromatic hydroxyl groups is 2. The third-order valence-electron chi connectivity index (χ3n) is 10.7. The number of nitrogens with two attached hydrogens (primary N) is 1.